The normalized spacial score (nSPS) is 12.7. The third kappa shape index (κ3) is 3.81. The molecule has 1 heterocycles. The van der Waals surface area contributed by atoms with Crippen LogP contribution in [0.1, 0.15) is 20.6 Å². The van der Waals surface area contributed by atoms with Gasteiger partial charge in [0.15, 0.2) is 20.9 Å². The number of ketones is 1. The van der Waals surface area contributed by atoms with Crippen LogP contribution in [-0.2, 0) is 9.84 Å². The summed E-state index contributed by atoms with van der Waals surface area (Å²) in [6.07, 6.45) is 1.04. The highest BCUT2D eigenvalue weighted by Crippen LogP contribution is 2.33. The van der Waals surface area contributed by atoms with Crippen molar-refractivity contribution >= 4 is 38.6 Å². The van der Waals surface area contributed by atoms with Crippen LogP contribution in [0.4, 0.5) is 0 Å². The number of aromatic nitrogens is 1. The molecule has 2 aromatic carbocycles. The van der Waals surface area contributed by atoms with Crippen molar-refractivity contribution in [1.29, 1.82) is 0 Å². The molecule has 0 fully saturated rings. The molecule has 0 aliphatic rings. The minimum absolute atomic E-state index is 0.177. The highest BCUT2D eigenvalue weighted by molar-refractivity contribution is 7.91. The first-order chi connectivity index (χ1) is 11.9. The molecule has 0 radical (unpaired) electrons. The number of sulfone groups is 1. The lowest BCUT2D eigenvalue weighted by molar-refractivity contribution is 0.0987. The first-order valence-corrected chi connectivity index (χ1v) is 10.6. The summed E-state index contributed by atoms with van der Waals surface area (Å²) in [4.78, 5) is 17.3. The first kappa shape index (κ1) is 17.8. The van der Waals surface area contributed by atoms with Crippen LogP contribution in [0, 0.1) is 0 Å². The maximum atomic E-state index is 12.9. The number of rotatable bonds is 5. The predicted octanol–water partition coefficient (Wildman–Crippen LogP) is 4.43. The van der Waals surface area contributed by atoms with Crippen LogP contribution in [-0.4, -0.2) is 25.4 Å². The van der Waals surface area contributed by atoms with E-state index in [-0.39, 0.29) is 15.6 Å². The largest absolute Gasteiger partial charge is 0.292 e. The molecule has 0 aliphatic heterocycles. The Labute approximate surface area is 155 Å². The Balaban J connectivity index is 2.05. The van der Waals surface area contributed by atoms with Gasteiger partial charge in [-0.3, -0.25) is 4.79 Å². The van der Waals surface area contributed by atoms with Gasteiger partial charge in [0.05, 0.1) is 10.7 Å². The zero-order valence-electron chi connectivity index (χ0n) is 13.2. The molecule has 1 aromatic heterocycles. The van der Waals surface area contributed by atoms with Crippen molar-refractivity contribution in [1.82, 2.24) is 4.98 Å². The lowest BCUT2D eigenvalue weighted by atomic mass is 10.1. The Hall–Kier alpha value is -2.02. The number of nitrogens with zero attached hydrogens (tertiary/aromatic N) is 1. The van der Waals surface area contributed by atoms with Gasteiger partial charge in [0.2, 0.25) is 0 Å². The maximum absolute atomic E-state index is 12.9. The molecule has 0 amide bonds. The molecular weight excluding hydrogens is 378 g/mol. The minimum Gasteiger partial charge on any atom is -0.292 e. The zero-order valence-corrected chi connectivity index (χ0v) is 15.6. The minimum atomic E-state index is -3.71. The quantitative estimate of drug-likeness (QED) is 0.603. The number of benzene rings is 2. The molecule has 0 saturated carbocycles. The molecular formula is C18H14ClNO3S2. The highest BCUT2D eigenvalue weighted by atomic mass is 35.5. The topological polar surface area (TPSA) is 64.1 Å². The van der Waals surface area contributed by atoms with Crippen molar-refractivity contribution in [3.63, 3.8) is 0 Å². The van der Waals surface area contributed by atoms with E-state index < -0.39 is 20.9 Å². The number of hydrogen-bond donors (Lipinski definition) is 0. The molecule has 0 N–H and O–H groups in total. The summed E-state index contributed by atoms with van der Waals surface area (Å²) in [5, 5.41) is 0.852. The number of thiazole rings is 1. The van der Waals surface area contributed by atoms with E-state index in [1.165, 1.54) is 6.07 Å². The van der Waals surface area contributed by atoms with E-state index in [2.05, 4.69) is 4.98 Å². The third-order valence-electron chi connectivity index (χ3n) is 3.62. The van der Waals surface area contributed by atoms with Gasteiger partial charge in [-0.05, 0) is 12.1 Å². The van der Waals surface area contributed by atoms with Crippen LogP contribution in [0.15, 0.2) is 60.0 Å². The second-order valence-corrected chi connectivity index (χ2v) is 8.92. The molecule has 0 bridgehead atoms. The Bertz CT molecular complexity index is 1010. The molecule has 128 valence electrons. The monoisotopic (exact) mass is 391 g/mol. The molecule has 0 aliphatic carbocycles. The molecule has 3 aromatic rings. The van der Waals surface area contributed by atoms with Crippen LogP contribution in [0.25, 0.3) is 11.3 Å². The summed E-state index contributed by atoms with van der Waals surface area (Å²) in [7, 11) is -3.71. The van der Waals surface area contributed by atoms with Crippen molar-refractivity contribution in [2.24, 2.45) is 0 Å². The van der Waals surface area contributed by atoms with Gasteiger partial charge in [-0.15, -0.1) is 11.3 Å². The Morgan fingerprint density at radius 3 is 2.36 bits per heavy atom. The number of halogens is 1. The van der Waals surface area contributed by atoms with Gasteiger partial charge in [0.1, 0.15) is 5.01 Å². The van der Waals surface area contributed by atoms with E-state index >= 15 is 0 Å². The van der Waals surface area contributed by atoms with Crippen molar-refractivity contribution in [3.05, 3.63) is 75.6 Å². The lowest BCUT2D eigenvalue weighted by Crippen LogP contribution is -2.21. The van der Waals surface area contributed by atoms with Crippen molar-refractivity contribution in [2.75, 3.05) is 6.26 Å². The fourth-order valence-electron chi connectivity index (χ4n) is 2.44. The van der Waals surface area contributed by atoms with Crippen molar-refractivity contribution in [2.45, 2.75) is 5.25 Å². The average Bonchev–Trinajstić information content (AvgIpc) is 3.04. The van der Waals surface area contributed by atoms with E-state index in [1.54, 1.807) is 23.6 Å². The second-order valence-electron chi connectivity index (χ2n) is 5.49. The van der Waals surface area contributed by atoms with Gasteiger partial charge >= 0.3 is 0 Å². The smallest absolute Gasteiger partial charge is 0.189 e. The summed E-state index contributed by atoms with van der Waals surface area (Å²) < 4.78 is 24.6. The Kier molecular flexibility index (Phi) is 5.03. The van der Waals surface area contributed by atoms with Crippen LogP contribution in [0.3, 0.4) is 0 Å². The Morgan fingerprint density at radius 1 is 1.08 bits per heavy atom. The Morgan fingerprint density at radius 2 is 1.72 bits per heavy atom. The first-order valence-electron chi connectivity index (χ1n) is 7.36. The molecule has 25 heavy (non-hydrogen) atoms. The van der Waals surface area contributed by atoms with Gasteiger partial charge in [-0.2, -0.15) is 0 Å². The third-order valence-corrected chi connectivity index (χ3v) is 6.30. The molecule has 0 spiro atoms. The van der Waals surface area contributed by atoms with Gasteiger partial charge in [-0.25, -0.2) is 13.4 Å². The molecule has 1 atom stereocenters. The summed E-state index contributed by atoms with van der Waals surface area (Å²) in [5.41, 5.74) is 1.68. The van der Waals surface area contributed by atoms with Crippen LogP contribution >= 0.6 is 22.9 Å². The van der Waals surface area contributed by atoms with Crippen LogP contribution < -0.4 is 0 Å². The van der Waals surface area contributed by atoms with E-state index in [9.17, 15) is 13.2 Å². The van der Waals surface area contributed by atoms with E-state index in [4.69, 9.17) is 11.6 Å². The summed E-state index contributed by atoms with van der Waals surface area (Å²) in [6.45, 7) is 0. The number of hydrogen-bond acceptors (Lipinski definition) is 5. The van der Waals surface area contributed by atoms with E-state index in [0.717, 1.165) is 23.2 Å². The van der Waals surface area contributed by atoms with E-state index in [1.807, 2.05) is 30.3 Å². The predicted molar refractivity (Wildman–Crippen MR) is 101 cm³/mol. The number of Topliss-reactive ketones (excluding diaryl/α,β-unsaturated/α-hetero) is 1. The highest BCUT2D eigenvalue weighted by Gasteiger charge is 2.35. The SMILES string of the molecule is CS(=O)(=O)C(C(=O)c1ccccc1Cl)c1nc(-c2ccccc2)cs1. The fourth-order valence-corrected chi connectivity index (χ4v) is 5.10. The second kappa shape index (κ2) is 7.07. The molecule has 4 nitrogen and oxygen atoms in total. The van der Waals surface area contributed by atoms with Crippen LogP contribution in [0.5, 0.6) is 0 Å². The average molecular weight is 392 g/mol. The van der Waals surface area contributed by atoms with Crippen molar-refractivity contribution < 1.29 is 13.2 Å². The summed E-state index contributed by atoms with van der Waals surface area (Å²) >= 11 is 7.22. The van der Waals surface area contributed by atoms with Crippen LogP contribution in [0.2, 0.25) is 5.02 Å². The fraction of sp³-hybridized carbons (Fsp3) is 0.111. The van der Waals surface area contributed by atoms with Gasteiger partial charge in [0, 0.05) is 22.8 Å². The lowest BCUT2D eigenvalue weighted by Gasteiger charge is -2.12. The van der Waals surface area contributed by atoms with E-state index in [0.29, 0.717) is 5.69 Å². The standard InChI is InChI=1S/C18H14ClNO3S2/c1-25(22,23)17(16(21)13-9-5-6-10-14(13)19)18-20-15(11-24-18)12-7-3-2-4-8-12/h2-11,17H,1H3. The molecule has 3 rings (SSSR count). The van der Waals surface area contributed by atoms with Gasteiger partial charge in [-0.1, -0.05) is 54.1 Å². The molecule has 0 saturated heterocycles. The summed E-state index contributed by atoms with van der Waals surface area (Å²) in [6, 6.07) is 15.8. The molecule has 7 heteroatoms. The zero-order chi connectivity index (χ0) is 18.0. The molecule has 1 unspecified atom stereocenters. The number of carbonyl (C=O) groups is 1. The van der Waals surface area contributed by atoms with Crippen molar-refractivity contribution in [3.8, 4) is 11.3 Å². The van der Waals surface area contributed by atoms with Gasteiger partial charge in [0.25, 0.3) is 0 Å². The summed E-state index contributed by atoms with van der Waals surface area (Å²) in [5.74, 6) is -0.568. The maximum Gasteiger partial charge on any atom is 0.189 e. The number of carbonyl (C=O) groups excluding carboxylic acids is 1. The van der Waals surface area contributed by atoms with Gasteiger partial charge < -0.3 is 0 Å².